The fraction of sp³-hybridized carbons (Fsp3) is 0.318. The second kappa shape index (κ2) is 7.95. The molecule has 7 nitrogen and oxygen atoms in total. The van der Waals surface area contributed by atoms with Gasteiger partial charge in [0.15, 0.2) is 0 Å². The molecule has 0 aliphatic carbocycles. The van der Waals surface area contributed by atoms with Gasteiger partial charge in [-0.05, 0) is 63.4 Å². The molecule has 0 amide bonds. The second-order valence-electron chi connectivity index (χ2n) is 6.94. The predicted octanol–water partition coefficient (Wildman–Crippen LogP) is 3.89. The summed E-state index contributed by atoms with van der Waals surface area (Å²) in [6, 6.07) is 5.02. The van der Waals surface area contributed by atoms with E-state index in [0.29, 0.717) is 22.4 Å². The quantitative estimate of drug-likeness (QED) is 0.518. The maximum absolute atomic E-state index is 12.7. The first-order valence-electron chi connectivity index (χ1n) is 9.30. The van der Waals surface area contributed by atoms with Gasteiger partial charge in [0.05, 0.1) is 12.2 Å². The van der Waals surface area contributed by atoms with Crippen LogP contribution in [0.1, 0.15) is 55.7 Å². The van der Waals surface area contributed by atoms with Crippen LogP contribution in [-0.2, 0) is 16.1 Å². The van der Waals surface area contributed by atoms with Crippen molar-refractivity contribution in [3.05, 3.63) is 67.8 Å². The van der Waals surface area contributed by atoms with E-state index in [-0.39, 0.29) is 24.5 Å². The Balaban J connectivity index is 1.90. The Kier molecular flexibility index (Phi) is 5.59. The summed E-state index contributed by atoms with van der Waals surface area (Å²) >= 11 is 0. The van der Waals surface area contributed by atoms with Gasteiger partial charge < -0.3 is 18.9 Å². The molecule has 0 aliphatic heterocycles. The minimum atomic E-state index is -0.586. The smallest absolute Gasteiger partial charge is 0.355 e. The maximum atomic E-state index is 12.7. The number of H-pyrrole nitrogens is 1. The van der Waals surface area contributed by atoms with Gasteiger partial charge in [0, 0.05) is 22.7 Å². The highest BCUT2D eigenvalue weighted by Gasteiger charge is 2.24. The normalized spacial score (nSPS) is 10.9. The predicted molar refractivity (Wildman–Crippen MR) is 107 cm³/mol. The van der Waals surface area contributed by atoms with E-state index in [9.17, 15) is 14.4 Å². The highest BCUT2D eigenvalue weighted by atomic mass is 16.5. The monoisotopic (exact) mass is 397 g/mol. The Morgan fingerprint density at radius 1 is 1.00 bits per heavy atom. The Morgan fingerprint density at radius 3 is 2.38 bits per heavy atom. The van der Waals surface area contributed by atoms with Crippen molar-refractivity contribution in [2.24, 2.45) is 0 Å². The lowest BCUT2D eigenvalue weighted by Crippen LogP contribution is -2.10. The summed E-state index contributed by atoms with van der Waals surface area (Å²) in [5, 5.41) is 0.718. The van der Waals surface area contributed by atoms with E-state index in [1.54, 1.807) is 26.8 Å². The van der Waals surface area contributed by atoms with Gasteiger partial charge in [0.25, 0.3) is 0 Å². The zero-order valence-electron chi connectivity index (χ0n) is 17.1. The average molecular weight is 397 g/mol. The molecule has 7 heteroatoms. The van der Waals surface area contributed by atoms with Crippen molar-refractivity contribution in [1.29, 1.82) is 0 Å². The standard InChI is InChI=1S/C22H23NO6/c1-6-27-22(26)20-13(4)19(14(5)23-20)21(25)28-10-15-9-18(24)29-17-8-12(3)11(2)7-16(15)17/h7-9,23H,6,10H2,1-5H3. The summed E-state index contributed by atoms with van der Waals surface area (Å²) in [6.45, 7) is 9.08. The molecule has 0 aliphatic rings. The number of nitrogens with one attached hydrogen (secondary N) is 1. The molecule has 0 radical (unpaired) electrons. The first-order valence-corrected chi connectivity index (χ1v) is 9.30. The lowest BCUT2D eigenvalue weighted by atomic mass is 10.0. The Labute approximate surface area is 167 Å². The van der Waals surface area contributed by atoms with E-state index in [0.717, 1.165) is 16.5 Å². The molecule has 0 spiro atoms. The number of aromatic nitrogens is 1. The molecule has 2 heterocycles. The van der Waals surface area contributed by atoms with Crippen molar-refractivity contribution < 1.29 is 23.5 Å². The summed E-state index contributed by atoms with van der Waals surface area (Å²) < 4.78 is 15.7. The summed E-state index contributed by atoms with van der Waals surface area (Å²) in [6.07, 6.45) is 0. The highest BCUT2D eigenvalue weighted by molar-refractivity contribution is 5.98. The van der Waals surface area contributed by atoms with Crippen molar-refractivity contribution in [1.82, 2.24) is 4.98 Å². The Hall–Kier alpha value is -3.35. The number of ether oxygens (including phenoxy) is 2. The summed E-state index contributed by atoms with van der Waals surface area (Å²) in [5.41, 5.74) is 4.03. The van der Waals surface area contributed by atoms with E-state index in [4.69, 9.17) is 13.9 Å². The van der Waals surface area contributed by atoms with Gasteiger partial charge in [-0.3, -0.25) is 0 Å². The molecular weight excluding hydrogens is 374 g/mol. The first-order chi connectivity index (χ1) is 13.7. The van der Waals surface area contributed by atoms with Crippen molar-refractivity contribution in [2.75, 3.05) is 6.61 Å². The molecule has 0 fully saturated rings. The molecule has 152 valence electrons. The highest BCUT2D eigenvalue weighted by Crippen LogP contribution is 2.24. The van der Waals surface area contributed by atoms with Crippen molar-refractivity contribution >= 4 is 22.9 Å². The van der Waals surface area contributed by atoms with E-state index < -0.39 is 17.6 Å². The third-order valence-electron chi connectivity index (χ3n) is 4.92. The number of carbonyl (C=O) groups is 2. The number of rotatable bonds is 5. The molecule has 0 bridgehead atoms. The van der Waals surface area contributed by atoms with Crippen LogP contribution in [0.2, 0.25) is 0 Å². The summed E-state index contributed by atoms with van der Waals surface area (Å²) in [7, 11) is 0. The molecular formula is C22H23NO6. The van der Waals surface area contributed by atoms with Gasteiger partial charge in [0.2, 0.25) is 0 Å². The van der Waals surface area contributed by atoms with Gasteiger partial charge in [0.1, 0.15) is 17.9 Å². The fourth-order valence-electron chi connectivity index (χ4n) is 3.28. The molecule has 2 aromatic heterocycles. The largest absolute Gasteiger partial charge is 0.461 e. The van der Waals surface area contributed by atoms with Gasteiger partial charge in [-0.2, -0.15) is 0 Å². The molecule has 1 N–H and O–H groups in total. The van der Waals surface area contributed by atoms with E-state index in [2.05, 4.69) is 4.98 Å². The zero-order chi connectivity index (χ0) is 21.3. The second-order valence-corrected chi connectivity index (χ2v) is 6.94. The lowest BCUT2D eigenvalue weighted by molar-refractivity contribution is 0.0472. The van der Waals surface area contributed by atoms with Crippen LogP contribution in [0.25, 0.3) is 11.0 Å². The maximum Gasteiger partial charge on any atom is 0.355 e. The molecule has 3 rings (SSSR count). The fourth-order valence-corrected chi connectivity index (χ4v) is 3.28. The molecule has 29 heavy (non-hydrogen) atoms. The van der Waals surface area contributed by atoms with Crippen LogP contribution in [0, 0.1) is 27.7 Å². The number of aromatic amines is 1. The summed E-state index contributed by atoms with van der Waals surface area (Å²) in [5.74, 6) is -1.11. The SMILES string of the molecule is CCOC(=O)c1[nH]c(C)c(C(=O)OCc2cc(=O)oc3cc(C)c(C)cc23)c1C. The van der Waals surface area contributed by atoms with E-state index >= 15 is 0 Å². The first kappa shape index (κ1) is 20.4. The molecule has 1 aromatic carbocycles. The number of hydrogen-bond acceptors (Lipinski definition) is 6. The average Bonchev–Trinajstić information content (AvgIpc) is 2.95. The third-order valence-corrected chi connectivity index (χ3v) is 4.92. The van der Waals surface area contributed by atoms with Crippen molar-refractivity contribution in [3.8, 4) is 0 Å². The Bertz CT molecular complexity index is 1170. The number of carbonyl (C=O) groups excluding carboxylic acids is 2. The minimum Gasteiger partial charge on any atom is -0.461 e. The van der Waals surface area contributed by atoms with Crippen LogP contribution < -0.4 is 5.63 Å². The molecule has 0 saturated carbocycles. The van der Waals surface area contributed by atoms with Crippen LogP contribution in [0.5, 0.6) is 0 Å². The van der Waals surface area contributed by atoms with Gasteiger partial charge in [-0.1, -0.05) is 0 Å². The van der Waals surface area contributed by atoms with Crippen LogP contribution in [-0.4, -0.2) is 23.5 Å². The molecule has 0 unspecified atom stereocenters. The van der Waals surface area contributed by atoms with Crippen LogP contribution in [0.15, 0.2) is 27.4 Å². The molecule has 3 aromatic rings. The number of hydrogen-bond donors (Lipinski definition) is 1. The number of benzene rings is 1. The van der Waals surface area contributed by atoms with E-state index in [1.165, 1.54) is 6.07 Å². The topological polar surface area (TPSA) is 98.6 Å². The van der Waals surface area contributed by atoms with Crippen LogP contribution >= 0.6 is 0 Å². The van der Waals surface area contributed by atoms with Crippen LogP contribution in [0.4, 0.5) is 0 Å². The minimum absolute atomic E-state index is 0.0950. The van der Waals surface area contributed by atoms with Crippen molar-refractivity contribution in [2.45, 2.75) is 41.2 Å². The number of aryl methyl sites for hydroxylation is 3. The molecule has 0 saturated heterocycles. The number of fused-ring (bicyclic) bond motifs is 1. The van der Waals surface area contributed by atoms with Gasteiger partial charge in [-0.15, -0.1) is 0 Å². The van der Waals surface area contributed by atoms with Crippen LogP contribution in [0.3, 0.4) is 0 Å². The van der Waals surface area contributed by atoms with Gasteiger partial charge in [-0.25, -0.2) is 14.4 Å². The summed E-state index contributed by atoms with van der Waals surface area (Å²) in [4.78, 5) is 39.5. The lowest BCUT2D eigenvalue weighted by Gasteiger charge is -2.09. The number of esters is 2. The molecule has 0 atom stereocenters. The van der Waals surface area contributed by atoms with E-state index in [1.807, 2.05) is 19.9 Å². The van der Waals surface area contributed by atoms with Crippen molar-refractivity contribution in [3.63, 3.8) is 0 Å². The Morgan fingerprint density at radius 2 is 1.69 bits per heavy atom. The third kappa shape index (κ3) is 3.94. The zero-order valence-corrected chi connectivity index (χ0v) is 17.1. The van der Waals surface area contributed by atoms with Gasteiger partial charge >= 0.3 is 17.6 Å².